The summed E-state index contributed by atoms with van der Waals surface area (Å²) < 4.78 is 50.3. The minimum Gasteiger partial charge on any atom is -0.454 e. The fraction of sp³-hybridized carbons (Fsp3) is 0.130. The van der Waals surface area contributed by atoms with Gasteiger partial charge in [-0.3, -0.25) is 4.40 Å². The first-order valence-electron chi connectivity index (χ1n) is 9.95. The second-order valence-corrected chi connectivity index (χ2v) is 7.27. The van der Waals surface area contributed by atoms with Gasteiger partial charge in [-0.05, 0) is 47.5 Å². The number of hydrogen-bond acceptors (Lipinski definition) is 4. The maximum absolute atomic E-state index is 13.0. The highest BCUT2D eigenvalue weighted by atomic mass is 19.3. The molecule has 0 spiro atoms. The van der Waals surface area contributed by atoms with E-state index in [9.17, 15) is 18.0 Å². The summed E-state index contributed by atoms with van der Waals surface area (Å²) in [4.78, 5) is 16.2. The van der Waals surface area contributed by atoms with Gasteiger partial charge in [0, 0.05) is 17.4 Å². The van der Waals surface area contributed by atoms with E-state index in [2.05, 4.69) is 10.3 Å². The standard InChI is InChI=1S/C23H17F3N4O3/c24-21(25)22(26)29-23(31)28-16-3-1-2-15(8-16)17-11-27-20-10-14(6-7-30(17)20)13-4-5-18-19(9-13)33-12-32-18/h1-11,21-22H,12H2,(H2,28,29,31). The molecule has 2 aromatic carbocycles. The molecule has 0 radical (unpaired) electrons. The SMILES string of the molecule is O=C(Nc1cccc(-c2cnc3cc(-c4ccc5c(c4)OCO5)ccn23)c1)NC(F)C(F)F. The average Bonchev–Trinajstić information content (AvgIpc) is 3.45. The zero-order chi connectivity index (χ0) is 22.9. The highest BCUT2D eigenvalue weighted by Gasteiger charge is 2.21. The molecule has 0 saturated carbocycles. The second-order valence-electron chi connectivity index (χ2n) is 7.27. The van der Waals surface area contributed by atoms with Gasteiger partial charge in [0.1, 0.15) is 5.65 Å². The molecule has 3 heterocycles. The number of carbonyl (C=O) groups excluding carboxylic acids is 1. The Morgan fingerprint density at radius 2 is 1.79 bits per heavy atom. The topological polar surface area (TPSA) is 76.9 Å². The van der Waals surface area contributed by atoms with Crippen molar-refractivity contribution in [3.8, 4) is 33.9 Å². The Kier molecular flexibility index (Phi) is 5.25. The van der Waals surface area contributed by atoms with Crippen molar-refractivity contribution >= 4 is 17.4 Å². The van der Waals surface area contributed by atoms with E-state index in [-0.39, 0.29) is 6.79 Å². The molecule has 2 aromatic heterocycles. The van der Waals surface area contributed by atoms with Crippen LogP contribution >= 0.6 is 0 Å². The van der Waals surface area contributed by atoms with Crippen LogP contribution in [0, 0.1) is 0 Å². The van der Waals surface area contributed by atoms with Gasteiger partial charge in [0.05, 0.1) is 11.9 Å². The molecule has 2 N–H and O–H groups in total. The number of anilines is 1. The summed E-state index contributed by atoms with van der Waals surface area (Å²) in [6.07, 6.45) is -2.48. The van der Waals surface area contributed by atoms with Gasteiger partial charge in [-0.15, -0.1) is 0 Å². The third-order valence-electron chi connectivity index (χ3n) is 5.13. The predicted molar refractivity (Wildman–Crippen MR) is 115 cm³/mol. The first kappa shape index (κ1) is 20.7. The summed E-state index contributed by atoms with van der Waals surface area (Å²) in [5.74, 6) is 1.40. The lowest BCUT2D eigenvalue weighted by molar-refractivity contribution is 0.0380. The molecule has 1 unspecified atom stereocenters. The van der Waals surface area contributed by atoms with Gasteiger partial charge in [0.15, 0.2) is 11.5 Å². The summed E-state index contributed by atoms with van der Waals surface area (Å²) in [7, 11) is 0. The first-order chi connectivity index (χ1) is 16.0. The normalized spacial score (nSPS) is 13.3. The molecule has 0 aliphatic carbocycles. The number of aromatic nitrogens is 2. The summed E-state index contributed by atoms with van der Waals surface area (Å²) >= 11 is 0. The van der Waals surface area contributed by atoms with Crippen molar-refractivity contribution in [1.82, 2.24) is 14.7 Å². The number of halogens is 3. The molecule has 0 fully saturated rings. The average molecular weight is 454 g/mol. The van der Waals surface area contributed by atoms with Crippen LogP contribution in [0.15, 0.2) is 67.0 Å². The minimum atomic E-state index is -3.30. The maximum atomic E-state index is 13.0. The summed E-state index contributed by atoms with van der Waals surface area (Å²) in [5, 5.41) is 3.90. The number of imidazole rings is 1. The molecule has 168 valence electrons. The molecule has 1 aliphatic rings. The lowest BCUT2D eigenvalue weighted by atomic mass is 10.1. The van der Waals surface area contributed by atoms with Gasteiger partial charge in [-0.25, -0.2) is 22.9 Å². The lowest BCUT2D eigenvalue weighted by Crippen LogP contribution is -2.39. The van der Waals surface area contributed by atoms with Gasteiger partial charge in [-0.2, -0.15) is 0 Å². The van der Waals surface area contributed by atoms with Crippen LogP contribution < -0.4 is 20.1 Å². The number of carbonyl (C=O) groups is 1. The largest absolute Gasteiger partial charge is 0.454 e. The quantitative estimate of drug-likeness (QED) is 0.413. The summed E-state index contributed by atoms with van der Waals surface area (Å²) in [6.45, 7) is 0.206. The summed E-state index contributed by atoms with van der Waals surface area (Å²) in [5.41, 5.74) is 4.40. The number of nitrogens with one attached hydrogen (secondary N) is 2. The van der Waals surface area contributed by atoms with Crippen LogP contribution in [0.4, 0.5) is 23.7 Å². The number of alkyl halides is 3. The van der Waals surface area contributed by atoms with E-state index < -0.39 is 18.8 Å². The number of urea groups is 1. The predicted octanol–water partition coefficient (Wildman–Crippen LogP) is 5.08. The smallest absolute Gasteiger partial charge is 0.321 e. The molecule has 4 aromatic rings. The van der Waals surface area contributed by atoms with E-state index in [0.29, 0.717) is 22.8 Å². The fourth-order valence-electron chi connectivity index (χ4n) is 3.56. The van der Waals surface area contributed by atoms with Crippen LogP contribution in [0.3, 0.4) is 0 Å². The van der Waals surface area contributed by atoms with Gasteiger partial charge in [-0.1, -0.05) is 18.2 Å². The molecule has 1 atom stereocenters. The number of fused-ring (bicyclic) bond motifs is 2. The van der Waals surface area contributed by atoms with Crippen LogP contribution in [0.1, 0.15) is 0 Å². The van der Waals surface area contributed by atoms with Gasteiger partial charge >= 0.3 is 6.03 Å². The third kappa shape index (κ3) is 4.14. The van der Waals surface area contributed by atoms with E-state index in [1.54, 1.807) is 29.7 Å². The molecule has 7 nitrogen and oxygen atoms in total. The van der Waals surface area contributed by atoms with E-state index in [0.717, 1.165) is 22.4 Å². The number of hydrogen-bond donors (Lipinski definition) is 2. The summed E-state index contributed by atoms with van der Waals surface area (Å²) in [6, 6.07) is 15.2. The highest BCUT2D eigenvalue weighted by Crippen LogP contribution is 2.36. The molecule has 33 heavy (non-hydrogen) atoms. The molecule has 2 amide bonds. The zero-order valence-electron chi connectivity index (χ0n) is 17.0. The first-order valence-corrected chi connectivity index (χ1v) is 9.95. The van der Waals surface area contributed by atoms with Crippen molar-refractivity contribution in [2.45, 2.75) is 12.7 Å². The number of benzene rings is 2. The number of amides is 2. The van der Waals surface area contributed by atoms with Crippen LogP contribution in [-0.4, -0.2) is 34.9 Å². The molecule has 1 aliphatic heterocycles. The molecule has 0 saturated heterocycles. The molecule has 10 heteroatoms. The van der Waals surface area contributed by atoms with Crippen molar-refractivity contribution in [2.24, 2.45) is 0 Å². The molecular weight excluding hydrogens is 437 g/mol. The van der Waals surface area contributed by atoms with Gasteiger partial charge in [0.25, 0.3) is 6.43 Å². The maximum Gasteiger partial charge on any atom is 0.321 e. The highest BCUT2D eigenvalue weighted by molar-refractivity contribution is 5.90. The Morgan fingerprint density at radius 1 is 0.970 bits per heavy atom. The fourth-order valence-corrected chi connectivity index (χ4v) is 3.56. The van der Waals surface area contributed by atoms with Crippen LogP contribution in [0.2, 0.25) is 0 Å². The van der Waals surface area contributed by atoms with Crippen molar-refractivity contribution in [2.75, 3.05) is 12.1 Å². The number of pyridine rings is 1. The van der Waals surface area contributed by atoms with E-state index >= 15 is 0 Å². The Morgan fingerprint density at radius 3 is 2.64 bits per heavy atom. The van der Waals surface area contributed by atoms with Crippen LogP contribution in [0.5, 0.6) is 11.5 Å². The Labute approximate surface area is 185 Å². The Balaban J connectivity index is 1.39. The van der Waals surface area contributed by atoms with Crippen molar-refractivity contribution in [3.63, 3.8) is 0 Å². The van der Waals surface area contributed by atoms with E-state index in [1.165, 1.54) is 0 Å². The van der Waals surface area contributed by atoms with E-state index in [4.69, 9.17) is 9.47 Å². The molecule has 0 bridgehead atoms. The van der Waals surface area contributed by atoms with E-state index in [1.807, 2.05) is 47.0 Å². The zero-order valence-corrected chi connectivity index (χ0v) is 17.0. The number of ether oxygens (including phenoxy) is 2. The van der Waals surface area contributed by atoms with Crippen molar-refractivity contribution < 1.29 is 27.4 Å². The number of nitrogens with zero attached hydrogens (tertiary/aromatic N) is 2. The van der Waals surface area contributed by atoms with Crippen molar-refractivity contribution in [3.05, 3.63) is 67.0 Å². The Bertz CT molecular complexity index is 1340. The third-order valence-corrected chi connectivity index (χ3v) is 5.13. The second kappa shape index (κ2) is 8.38. The van der Waals surface area contributed by atoms with Gasteiger partial charge in [0.2, 0.25) is 13.1 Å². The number of rotatable bonds is 5. The minimum absolute atomic E-state index is 0.206. The van der Waals surface area contributed by atoms with Crippen molar-refractivity contribution in [1.29, 1.82) is 0 Å². The van der Waals surface area contributed by atoms with Crippen LogP contribution in [-0.2, 0) is 0 Å². The Hall–Kier alpha value is -4.21. The van der Waals surface area contributed by atoms with Gasteiger partial charge < -0.3 is 20.1 Å². The van der Waals surface area contributed by atoms with Crippen LogP contribution in [0.25, 0.3) is 28.0 Å². The lowest BCUT2D eigenvalue weighted by Gasteiger charge is -2.11. The monoisotopic (exact) mass is 454 g/mol. The molecule has 5 rings (SSSR count). The molecular formula is C23H17F3N4O3.